The van der Waals surface area contributed by atoms with Crippen LogP contribution in [-0.2, 0) is 6.42 Å². The summed E-state index contributed by atoms with van der Waals surface area (Å²) >= 11 is 5.70. The molecule has 0 heterocycles. The average Bonchev–Trinajstić information content (AvgIpc) is 2.78. The van der Waals surface area contributed by atoms with Crippen molar-refractivity contribution in [1.82, 2.24) is 0 Å². The van der Waals surface area contributed by atoms with Crippen LogP contribution in [0.2, 0.25) is 5.02 Å². The Hall–Kier alpha value is -1.95. The van der Waals surface area contributed by atoms with Crippen LogP contribution in [0, 0.1) is 5.82 Å². The number of nitrogens with one attached hydrogen (secondary N) is 1. The van der Waals surface area contributed by atoms with Gasteiger partial charge in [0.25, 0.3) is 5.91 Å². The van der Waals surface area contributed by atoms with Crippen LogP contribution in [0.3, 0.4) is 0 Å². The third kappa shape index (κ3) is 2.59. The number of nitrogens with two attached hydrogens (primary N) is 1. The van der Waals surface area contributed by atoms with Crippen molar-refractivity contribution in [2.75, 3.05) is 5.32 Å². The van der Waals surface area contributed by atoms with Crippen molar-refractivity contribution in [1.29, 1.82) is 0 Å². The fourth-order valence-corrected chi connectivity index (χ4v) is 2.85. The van der Waals surface area contributed by atoms with Gasteiger partial charge < -0.3 is 16.2 Å². The number of carbonyl (C=O) groups excluding carboxylic acids is 1. The Morgan fingerprint density at radius 3 is 2.86 bits per heavy atom. The molecule has 0 aromatic heterocycles. The predicted octanol–water partition coefficient (Wildman–Crippen LogP) is 2.65. The van der Waals surface area contributed by atoms with Crippen LogP contribution in [0.25, 0.3) is 0 Å². The third-order valence-corrected chi connectivity index (χ3v) is 4.11. The zero-order valence-corrected chi connectivity index (χ0v) is 12.3. The number of aliphatic hydroxyl groups is 1. The minimum atomic E-state index is -0.691. The third-order valence-electron chi connectivity index (χ3n) is 3.82. The van der Waals surface area contributed by atoms with Crippen molar-refractivity contribution in [2.24, 2.45) is 5.73 Å². The van der Waals surface area contributed by atoms with Gasteiger partial charge in [-0.1, -0.05) is 23.7 Å². The first kappa shape index (κ1) is 15.0. The fourth-order valence-electron chi connectivity index (χ4n) is 2.67. The molecule has 4 nitrogen and oxygen atoms in total. The van der Waals surface area contributed by atoms with Crippen molar-refractivity contribution < 1.29 is 14.3 Å². The van der Waals surface area contributed by atoms with Crippen molar-refractivity contribution in [2.45, 2.75) is 18.6 Å². The van der Waals surface area contributed by atoms with Gasteiger partial charge in [-0.2, -0.15) is 0 Å². The quantitative estimate of drug-likeness (QED) is 0.796. The standard InChI is InChI=1S/C16H14ClFN2O2/c17-12-6-8(4-5-13(12)18)20-16(22)10-3-1-2-9-11(10)7-14(21)15(9)19/h1-6,14-15,21H,7,19H2,(H,20,22)/t14-,15-/m1/s1. The fraction of sp³-hybridized carbons (Fsp3) is 0.188. The van der Waals surface area contributed by atoms with Crippen LogP contribution < -0.4 is 11.1 Å². The zero-order chi connectivity index (χ0) is 15.9. The van der Waals surface area contributed by atoms with E-state index in [1.165, 1.54) is 18.2 Å². The number of hydrogen-bond donors (Lipinski definition) is 3. The molecule has 2 atom stereocenters. The Labute approximate surface area is 131 Å². The Balaban J connectivity index is 1.89. The summed E-state index contributed by atoms with van der Waals surface area (Å²) in [5.41, 5.74) is 8.28. The first-order chi connectivity index (χ1) is 10.5. The van der Waals surface area contributed by atoms with Crippen LogP contribution in [0.1, 0.15) is 27.5 Å². The van der Waals surface area contributed by atoms with E-state index >= 15 is 0 Å². The first-order valence-electron chi connectivity index (χ1n) is 6.79. The lowest BCUT2D eigenvalue weighted by atomic mass is 10.0. The highest BCUT2D eigenvalue weighted by Crippen LogP contribution is 2.32. The van der Waals surface area contributed by atoms with E-state index in [1.54, 1.807) is 12.1 Å². The summed E-state index contributed by atoms with van der Waals surface area (Å²) in [5, 5.41) is 12.5. The maximum Gasteiger partial charge on any atom is 0.255 e. The molecule has 0 aliphatic heterocycles. The zero-order valence-electron chi connectivity index (χ0n) is 11.5. The summed E-state index contributed by atoms with van der Waals surface area (Å²) in [7, 11) is 0. The second-order valence-corrected chi connectivity index (χ2v) is 5.66. The monoisotopic (exact) mass is 320 g/mol. The Bertz CT molecular complexity index is 751. The molecule has 0 unspecified atom stereocenters. The minimum absolute atomic E-state index is 0.0615. The van der Waals surface area contributed by atoms with Gasteiger partial charge in [0.2, 0.25) is 0 Å². The molecule has 6 heteroatoms. The first-order valence-corrected chi connectivity index (χ1v) is 7.17. The van der Waals surface area contributed by atoms with Crippen molar-refractivity contribution in [3.63, 3.8) is 0 Å². The number of carbonyl (C=O) groups is 1. The molecule has 1 aliphatic carbocycles. The molecule has 1 aliphatic rings. The number of benzene rings is 2. The van der Waals surface area contributed by atoms with Crippen molar-refractivity contribution in [3.8, 4) is 0 Å². The number of halogens is 2. The molecule has 22 heavy (non-hydrogen) atoms. The molecule has 0 spiro atoms. The number of aliphatic hydroxyl groups excluding tert-OH is 1. The normalized spacial score (nSPS) is 19.8. The molecule has 114 valence electrons. The van der Waals surface area contributed by atoms with Gasteiger partial charge in [0, 0.05) is 17.7 Å². The highest BCUT2D eigenvalue weighted by Gasteiger charge is 2.31. The van der Waals surface area contributed by atoms with Gasteiger partial charge in [0.1, 0.15) is 5.82 Å². The number of hydrogen-bond acceptors (Lipinski definition) is 3. The summed E-state index contributed by atoms with van der Waals surface area (Å²) in [4.78, 5) is 12.4. The van der Waals surface area contributed by atoms with E-state index < -0.39 is 18.0 Å². The van der Waals surface area contributed by atoms with Gasteiger partial charge in [-0.25, -0.2) is 4.39 Å². The molecule has 0 radical (unpaired) electrons. The molecule has 0 fully saturated rings. The molecular formula is C16H14ClFN2O2. The maximum absolute atomic E-state index is 13.1. The van der Waals surface area contributed by atoms with Gasteiger partial charge in [-0.05, 0) is 35.4 Å². The van der Waals surface area contributed by atoms with Gasteiger partial charge >= 0.3 is 0 Å². The Morgan fingerprint density at radius 1 is 1.36 bits per heavy atom. The van der Waals surface area contributed by atoms with Crippen LogP contribution in [-0.4, -0.2) is 17.1 Å². The van der Waals surface area contributed by atoms with Gasteiger partial charge in [0.05, 0.1) is 17.2 Å². The summed E-state index contributed by atoms with van der Waals surface area (Å²) in [6, 6.07) is 8.69. The molecule has 2 aromatic carbocycles. The van der Waals surface area contributed by atoms with Crippen LogP contribution in [0.15, 0.2) is 36.4 Å². The van der Waals surface area contributed by atoms with Crippen LogP contribution >= 0.6 is 11.6 Å². The minimum Gasteiger partial charge on any atom is -0.391 e. The topological polar surface area (TPSA) is 75.4 Å². The molecule has 1 amide bonds. The van der Waals surface area contributed by atoms with E-state index in [0.717, 1.165) is 11.1 Å². The van der Waals surface area contributed by atoms with Gasteiger partial charge in [-0.3, -0.25) is 4.79 Å². The van der Waals surface area contributed by atoms with Crippen molar-refractivity contribution >= 4 is 23.2 Å². The number of fused-ring (bicyclic) bond motifs is 1. The Morgan fingerprint density at radius 2 is 2.14 bits per heavy atom. The SMILES string of the molecule is N[C@@H]1c2cccc(C(=O)Nc3ccc(F)c(Cl)c3)c2C[C@H]1O. The van der Waals surface area contributed by atoms with Crippen LogP contribution in [0.5, 0.6) is 0 Å². The second kappa shape index (κ2) is 5.68. The van der Waals surface area contributed by atoms with E-state index in [2.05, 4.69) is 5.32 Å². The van der Waals surface area contributed by atoms with Crippen molar-refractivity contribution in [3.05, 3.63) is 63.9 Å². The maximum atomic E-state index is 13.1. The van der Waals surface area contributed by atoms with E-state index in [9.17, 15) is 14.3 Å². The summed E-state index contributed by atoms with van der Waals surface area (Å²) in [6.07, 6.45) is -0.353. The van der Waals surface area contributed by atoms with E-state index in [-0.39, 0.29) is 10.9 Å². The summed E-state index contributed by atoms with van der Waals surface area (Å²) < 4.78 is 13.1. The summed E-state index contributed by atoms with van der Waals surface area (Å²) in [6.45, 7) is 0. The number of anilines is 1. The molecule has 3 rings (SSSR count). The van der Waals surface area contributed by atoms with E-state index in [1.807, 2.05) is 6.07 Å². The molecule has 2 aromatic rings. The molecule has 0 saturated heterocycles. The largest absolute Gasteiger partial charge is 0.391 e. The lowest BCUT2D eigenvalue weighted by Gasteiger charge is -2.10. The molecule has 0 saturated carbocycles. The molecule has 4 N–H and O–H groups in total. The number of rotatable bonds is 2. The second-order valence-electron chi connectivity index (χ2n) is 5.25. The van der Waals surface area contributed by atoms with E-state index in [0.29, 0.717) is 17.7 Å². The van der Waals surface area contributed by atoms with Crippen LogP contribution in [0.4, 0.5) is 10.1 Å². The molecular weight excluding hydrogens is 307 g/mol. The Kier molecular flexibility index (Phi) is 3.87. The van der Waals surface area contributed by atoms with E-state index in [4.69, 9.17) is 17.3 Å². The highest BCUT2D eigenvalue weighted by molar-refractivity contribution is 6.31. The summed E-state index contributed by atoms with van der Waals surface area (Å²) in [5.74, 6) is -0.893. The average molecular weight is 321 g/mol. The predicted molar refractivity (Wildman–Crippen MR) is 82.4 cm³/mol. The van der Waals surface area contributed by atoms with Gasteiger partial charge in [0.15, 0.2) is 0 Å². The highest BCUT2D eigenvalue weighted by atomic mass is 35.5. The molecule has 0 bridgehead atoms. The lowest BCUT2D eigenvalue weighted by molar-refractivity contribution is 0.102. The lowest BCUT2D eigenvalue weighted by Crippen LogP contribution is -2.21. The smallest absolute Gasteiger partial charge is 0.255 e. The van der Waals surface area contributed by atoms with Gasteiger partial charge in [-0.15, -0.1) is 0 Å². The number of amides is 1.